The summed E-state index contributed by atoms with van der Waals surface area (Å²) >= 11 is 3.76. The summed E-state index contributed by atoms with van der Waals surface area (Å²) in [6.07, 6.45) is 5.79. The fourth-order valence-corrected chi connectivity index (χ4v) is 14.0. The number of para-hydroxylation sites is 4. The molecule has 0 saturated carbocycles. The smallest absolute Gasteiger partial charge is 0.249 e. The number of anilines is 6. The highest BCUT2D eigenvalue weighted by molar-refractivity contribution is 8.01. The van der Waals surface area contributed by atoms with Crippen molar-refractivity contribution in [1.29, 1.82) is 0 Å². The van der Waals surface area contributed by atoms with Crippen molar-refractivity contribution in [2.45, 2.75) is 78.4 Å². The van der Waals surface area contributed by atoms with Crippen LogP contribution in [0.5, 0.6) is 23.0 Å². The molecule has 0 N–H and O–H groups in total. The maximum atomic E-state index is 6.87. The zero-order valence-electron chi connectivity index (χ0n) is 40.3. The number of unbranched alkanes of at least 4 members (excludes halogenated alkanes) is 1. The number of hydrogen-bond acceptors (Lipinski definition) is 6. The van der Waals surface area contributed by atoms with E-state index in [1.165, 1.54) is 101 Å². The number of hydrogen-bond donors (Lipinski definition) is 0. The van der Waals surface area contributed by atoms with Gasteiger partial charge in [-0.3, -0.25) is 0 Å². The minimum absolute atomic E-state index is 0.0146. The van der Waals surface area contributed by atoms with Crippen molar-refractivity contribution in [3.05, 3.63) is 205 Å². The van der Waals surface area contributed by atoms with Crippen LogP contribution in [0.1, 0.15) is 63.5 Å². The van der Waals surface area contributed by atoms with E-state index in [-0.39, 0.29) is 13.4 Å². The molecule has 4 heterocycles. The second-order valence-electron chi connectivity index (χ2n) is 19.4. The molecule has 0 aliphatic carbocycles. The molecule has 4 nitrogen and oxygen atoms in total. The van der Waals surface area contributed by atoms with Crippen LogP contribution in [-0.4, -0.2) is 13.4 Å². The van der Waals surface area contributed by atoms with Crippen molar-refractivity contribution in [1.82, 2.24) is 0 Å². The second-order valence-corrected chi connectivity index (χ2v) is 21.5. The lowest BCUT2D eigenvalue weighted by atomic mass is 9.32. The molecule has 0 amide bonds. The van der Waals surface area contributed by atoms with E-state index in [2.05, 4.69) is 225 Å². The van der Waals surface area contributed by atoms with Crippen LogP contribution in [0, 0.1) is 0 Å². The Labute approximate surface area is 427 Å². The number of benzene rings is 9. The molecule has 13 rings (SSSR count). The van der Waals surface area contributed by atoms with Crippen LogP contribution in [0.25, 0.3) is 0 Å². The summed E-state index contributed by atoms with van der Waals surface area (Å²) in [5.41, 5.74) is 17.6. The Morgan fingerprint density at radius 1 is 0.437 bits per heavy atom. The van der Waals surface area contributed by atoms with E-state index in [0.717, 1.165) is 52.2 Å². The predicted octanol–water partition coefficient (Wildman–Crippen LogP) is 14.0. The van der Waals surface area contributed by atoms with Crippen molar-refractivity contribution in [3.63, 3.8) is 0 Å². The van der Waals surface area contributed by atoms with E-state index in [9.17, 15) is 0 Å². The van der Waals surface area contributed by atoms with Crippen molar-refractivity contribution < 1.29 is 9.47 Å². The molecule has 1 atom stereocenters. The molecule has 0 radical (unpaired) electrons. The fraction of sp³-hybridized carbons (Fsp3) is 0.143. The van der Waals surface area contributed by atoms with Crippen molar-refractivity contribution >= 4 is 104 Å². The van der Waals surface area contributed by atoms with Gasteiger partial charge in [0.15, 0.2) is 0 Å². The fourth-order valence-electron chi connectivity index (χ4n) is 11.5. The average molecular weight is 955 g/mol. The zero-order chi connectivity index (χ0) is 47.6. The maximum Gasteiger partial charge on any atom is 0.249 e. The van der Waals surface area contributed by atoms with Crippen molar-refractivity contribution in [3.8, 4) is 23.0 Å². The quantitative estimate of drug-likeness (QED) is 0.113. The number of rotatable bonds is 12. The SMILES string of the molecule is CCCCc1ccc(Oc2cc3c4c(c2)N(c2ccccc2)c2ccccc2B4c2cc4c(cc2S3)Sc2cc(Oc3ccc(C(C)CCC)cc3)cc3c2B4c2ccccc2N3c2ccccc2)cc1. The molecule has 9 aromatic rings. The van der Waals surface area contributed by atoms with E-state index in [0.29, 0.717) is 5.92 Å². The summed E-state index contributed by atoms with van der Waals surface area (Å²) in [4.78, 5) is 9.91. The topological polar surface area (TPSA) is 24.9 Å². The van der Waals surface area contributed by atoms with Crippen molar-refractivity contribution in [2.24, 2.45) is 0 Å². The lowest BCUT2D eigenvalue weighted by Gasteiger charge is -2.42. The van der Waals surface area contributed by atoms with E-state index < -0.39 is 0 Å². The first-order valence-corrected chi connectivity index (χ1v) is 27.0. The summed E-state index contributed by atoms with van der Waals surface area (Å²) in [7, 11) is 0. The number of aryl methyl sites for hydroxylation is 1. The molecule has 71 heavy (non-hydrogen) atoms. The molecule has 0 aromatic heterocycles. The molecule has 0 spiro atoms. The lowest BCUT2D eigenvalue weighted by Crippen LogP contribution is -2.63. The first-order valence-electron chi connectivity index (χ1n) is 25.3. The Morgan fingerprint density at radius 2 is 0.915 bits per heavy atom. The first kappa shape index (κ1) is 44.0. The molecule has 344 valence electrons. The third-order valence-corrected chi connectivity index (χ3v) is 17.1. The van der Waals surface area contributed by atoms with Crippen LogP contribution >= 0.6 is 23.5 Å². The van der Waals surface area contributed by atoms with E-state index in [4.69, 9.17) is 9.47 Å². The Kier molecular flexibility index (Phi) is 11.3. The van der Waals surface area contributed by atoms with Crippen LogP contribution in [0.2, 0.25) is 0 Å². The van der Waals surface area contributed by atoms with Gasteiger partial charge in [-0.15, -0.1) is 0 Å². The zero-order valence-corrected chi connectivity index (χ0v) is 41.9. The molecule has 1 unspecified atom stereocenters. The van der Waals surface area contributed by atoms with Gasteiger partial charge in [0.2, 0.25) is 13.4 Å². The molecule has 4 aliphatic heterocycles. The average Bonchev–Trinajstić information content (AvgIpc) is 3.40. The molecule has 0 saturated heterocycles. The molecule has 8 heteroatoms. The monoisotopic (exact) mass is 954 g/mol. The van der Waals surface area contributed by atoms with Crippen LogP contribution in [0.4, 0.5) is 34.1 Å². The van der Waals surface area contributed by atoms with Crippen LogP contribution in [0.15, 0.2) is 214 Å². The van der Waals surface area contributed by atoms with E-state index in [1.54, 1.807) is 0 Å². The van der Waals surface area contributed by atoms with Gasteiger partial charge in [-0.25, -0.2) is 0 Å². The molecule has 0 fully saturated rings. The predicted molar refractivity (Wildman–Crippen MR) is 301 cm³/mol. The molecule has 0 bridgehead atoms. The molecule has 4 aliphatic rings. The van der Waals surface area contributed by atoms with Gasteiger partial charge in [-0.05, 0) is 137 Å². The highest BCUT2D eigenvalue weighted by Crippen LogP contribution is 2.48. The summed E-state index contributed by atoms with van der Waals surface area (Å²) in [6, 6.07) is 71.3. The van der Waals surface area contributed by atoms with Crippen LogP contribution in [0.3, 0.4) is 0 Å². The van der Waals surface area contributed by atoms with Crippen LogP contribution < -0.4 is 52.1 Å². The number of ether oxygens (including phenoxy) is 2. The largest absolute Gasteiger partial charge is 0.457 e. The molecular weight excluding hydrogens is 902 g/mol. The maximum absolute atomic E-state index is 6.87. The summed E-state index contributed by atoms with van der Waals surface area (Å²) in [5.74, 6) is 3.88. The van der Waals surface area contributed by atoms with Gasteiger partial charge in [0, 0.05) is 65.8 Å². The molecule has 9 aromatic carbocycles. The minimum atomic E-state index is 0.0146. The number of nitrogens with zero attached hydrogens (tertiary/aromatic N) is 2. The van der Waals surface area contributed by atoms with Gasteiger partial charge < -0.3 is 19.3 Å². The molecular formula is C63H52B2N2O2S2. The second kappa shape index (κ2) is 18.3. The Morgan fingerprint density at radius 3 is 1.41 bits per heavy atom. The van der Waals surface area contributed by atoms with Gasteiger partial charge in [0.05, 0.1) is 0 Å². The Bertz CT molecular complexity index is 3480. The third kappa shape index (κ3) is 7.75. The van der Waals surface area contributed by atoms with Gasteiger partial charge in [0.25, 0.3) is 0 Å². The van der Waals surface area contributed by atoms with Gasteiger partial charge >= 0.3 is 0 Å². The third-order valence-electron chi connectivity index (χ3n) is 14.8. The van der Waals surface area contributed by atoms with Gasteiger partial charge in [-0.1, -0.05) is 171 Å². The van der Waals surface area contributed by atoms with E-state index in [1.807, 2.05) is 23.5 Å². The van der Waals surface area contributed by atoms with Gasteiger partial charge in [0.1, 0.15) is 23.0 Å². The Balaban J connectivity index is 0.966. The highest BCUT2D eigenvalue weighted by Gasteiger charge is 2.45. The van der Waals surface area contributed by atoms with Crippen molar-refractivity contribution in [2.75, 3.05) is 9.80 Å². The number of fused-ring (bicyclic) bond motifs is 8. The standard InChI is InChI=1S/C63H52B2N2O2S2/c1-4-6-18-42-27-31-46(32-28-42)68-48-35-56-62-60(37-48)70-58-40-59-53(39-52(58)64(62)50-23-13-15-25-54(50)66(56)44-19-9-7-10-20-44)65-51-24-14-16-26-55(51)67(45-21-11-8-12-22-45)57-36-49(38-61(71-59)63(57)65)69-47-33-29-43(30-34-47)41(3)17-5-2/h7-16,19-41H,4-6,17-18H2,1-3H3. The summed E-state index contributed by atoms with van der Waals surface area (Å²) in [6.45, 7) is 6.85. The van der Waals surface area contributed by atoms with Gasteiger partial charge in [-0.2, -0.15) is 0 Å². The summed E-state index contributed by atoms with van der Waals surface area (Å²) in [5, 5.41) is 0. The highest BCUT2D eigenvalue weighted by atomic mass is 32.2. The Hall–Kier alpha value is -6.99. The lowest BCUT2D eigenvalue weighted by molar-refractivity contribution is 0.481. The normalized spacial score (nSPS) is 13.8. The first-order chi connectivity index (χ1) is 35.0. The summed E-state index contributed by atoms with van der Waals surface area (Å²) < 4.78 is 13.7. The van der Waals surface area contributed by atoms with Crippen LogP contribution in [-0.2, 0) is 6.42 Å². The minimum Gasteiger partial charge on any atom is -0.457 e. The van der Waals surface area contributed by atoms with E-state index >= 15 is 0 Å².